The lowest BCUT2D eigenvalue weighted by Gasteiger charge is -2.06. The molecule has 0 spiro atoms. The van der Waals surface area contributed by atoms with Gasteiger partial charge in [0.05, 0.1) is 5.69 Å². The quantitative estimate of drug-likeness (QED) is 0.753. The lowest BCUT2D eigenvalue weighted by molar-refractivity contribution is 0.102. The highest BCUT2D eigenvalue weighted by molar-refractivity contribution is 7.13. The second-order valence-corrected chi connectivity index (χ2v) is 5.10. The van der Waals surface area contributed by atoms with Crippen LogP contribution >= 0.6 is 11.3 Å². The Kier molecular flexibility index (Phi) is 3.32. The fourth-order valence-corrected chi connectivity index (χ4v) is 2.32. The third-order valence-electron chi connectivity index (χ3n) is 2.73. The number of rotatable bonds is 3. The van der Waals surface area contributed by atoms with Crippen LogP contribution in [-0.4, -0.2) is 31.1 Å². The zero-order valence-electron chi connectivity index (χ0n) is 11.0. The minimum Gasteiger partial charge on any atom is -0.375 e. The van der Waals surface area contributed by atoms with E-state index in [2.05, 4.69) is 25.8 Å². The number of hydrogen-bond acceptors (Lipinski definition) is 7. The summed E-state index contributed by atoms with van der Waals surface area (Å²) >= 11 is 1.22. The summed E-state index contributed by atoms with van der Waals surface area (Å²) in [5.74, 6) is 0.347. The van der Waals surface area contributed by atoms with Crippen molar-refractivity contribution in [1.82, 2.24) is 25.2 Å². The molecule has 1 aromatic carbocycles. The minimum atomic E-state index is -0.312. The van der Waals surface area contributed by atoms with Gasteiger partial charge in [0.1, 0.15) is 5.69 Å². The van der Waals surface area contributed by atoms with Gasteiger partial charge in [-0.25, -0.2) is 4.98 Å². The Balaban J connectivity index is 1.84. The Hall–Kier alpha value is -2.81. The number of hydrogen-bond donors (Lipinski definition) is 2. The van der Waals surface area contributed by atoms with Gasteiger partial charge in [0.2, 0.25) is 0 Å². The molecule has 21 heavy (non-hydrogen) atoms. The summed E-state index contributed by atoms with van der Waals surface area (Å²) in [7, 11) is 0. The molecule has 9 heteroatoms. The number of nitrogens with two attached hydrogens (primary N) is 1. The van der Waals surface area contributed by atoms with Crippen molar-refractivity contribution in [3.8, 4) is 5.69 Å². The van der Waals surface area contributed by atoms with E-state index in [1.807, 2.05) is 12.1 Å². The maximum atomic E-state index is 12.0. The highest BCUT2D eigenvalue weighted by Crippen LogP contribution is 2.17. The average Bonchev–Trinajstić information content (AvgIpc) is 3.08. The van der Waals surface area contributed by atoms with Crippen molar-refractivity contribution in [3.63, 3.8) is 0 Å². The van der Waals surface area contributed by atoms with Crippen LogP contribution in [0.25, 0.3) is 5.69 Å². The highest BCUT2D eigenvalue weighted by Gasteiger charge is 2.11. The van der Waals surface area contributed by atoms with Crippen molar-refractivity contribution in [2.45, 2.75) is 6.92 Å². The number of benzene rings is 1. The molecule has 0 bridgehead atoms. The lowest BCUT2D eigenvalue weighted by Crippen LogP contribution is -2.12. The summed E-state index contributed by atoms with van der Waals surface area (Å²) in [4.78, 5) is 16.0. The number of anilines is 2. The van der Waals surface area contributed by atoms with Gasteiger partial charge in [-0.05, 0) is 35.5 Å². The Morgan fingerprint density at radius 1 is 1.43 bits per heavy atom. The zero-order chi connectivity index (χ0) is 14.8. The predicted molar refractivity (Wildman–Crippen MR) is 78.4 cm³/mol. The molecule has 8 nitrogen and oxygen atoms in total. The largest absolute Gasteiger partial charge is 0.375 e. The van der Waals surface area contributed by atoms with Crippen molar-refractivity contribution >= 4 is 28.1 Å². The molecule has 106 valence electrons. The maximum absolute atomic E-state index is 12.0. The normalized spacial score (nSPS) is 10.5. The highest BCUT2D eigenvalue weighted by atomic mass is 32.1. The summed E-state index contributed by atoms with van der Waals surface area (Å²) in [6, 6.07) is 7.20. The summed E-state index contributed by atoms with van der Waals surface area (Å²) in [6.07, 6.45) is 0. The first-order valence-corrected chi connectivity index (χ1v) is 6.89. The Labute approximate surface area is 123 Å². The average molecular weight is 301 g/mol. The Bertz CT molecular complexity index is 794. The van der Waals surface area contributed by atoms with Gasteiger partial charge >= 0.3 is 0 Å². The van der Waals surface area contributed by atoms with Gasteiger partial charge in [-0.2, -0.15) is 4.68 Å². The molecule has 3 aromatic rings. The molecule has 0 radical (unpaired) electrons. The van der Waals surface area contributed by atoms with E-state index in [0.717, 1.165) is 5.69 Å². The molecule has 0 aliphatic rings. The van der Waals surface area contributed by atoms with E-state index < -0.39 is 0 Å². The summed E-state index contributed by atoms with van der Waals surface area (Å²) < 4.78 is 1.58. The van der Waals surface area contributed by atoms with Crippen LogP contribution in [-0.2, 0) is 0 Å². The number of carbonyl (C=O) groups excluding carboxylic acids is 1. The number of amides is 1. The van der Waals surface area contributed by atoms with Gasteiger partial charge < -0.3 is 11.1 Å². The topological polar surface area (TPSA) is 112 Å². The SMILES string of the molecule is Cc1nnnn1-c1cccc(NC(=O)c2csc(N)n2)c1. The number of tetrazole rings is 1. The molecule has 0 unspecified atom stereocenters. The standard InChI is InChI=1S/C12H11N7OS/c1-7-16-17-18-19(7)9-4-2-3-8(5-9)14-11(20)10-6-21-12(13)15-10/h2-6H,1H3,(H2,13,15)(H,14,20). The summed E-state index contributed by atoms with van der Waals surface area (Å²) in [6.45, 7) is 1.79. The number of carbonyl (C=O) groups is 1. The van der Waals surface area contributed by atoms with Crippen LogP contribution in [0.3, 0.4) is 0 Å². The van der Waals surface area contributed by atoms with E-state index >= 15 is 0 Å². The molecule has 0 atom stereocenters. The zero-order valence-corrected chi connectivity index (χ0v) is 11.8. The van der Waals surface area contributed by atoms with Crippen LogP contribution in [0, 0.1) is 6.92 Å². The number of nitrogens with zero attached hydrogens (tertiary/aromatic N) is 5. The molecule has 3 N–H and O–H groups in total. The summed E-state index contributed by atoms with van der Waals surface area (Å²) in [5.41, 5.74) is 7.19. The van der Waals surface area contributed by atoms with Crippen LogP contribution in [0.2, 0.25) is 0 Å². The first kappa shape index (κ1) is 13.2. The smallest absolute Gasteiger partial charge is 0.275 e. The molecule has 0 saturated heterocycles. The van der Waals surface area contributed by atoms with E-state index in [-0.39, 0.29) is 5.91 Å². The fraction of sp³-hybridized carbons (Fsp3) is 0.0833. The van der Waals surface area contributed by atoms with Crippen molar-refractivity contribution in [2.75, 3.05) is 11.1 Å². The van der Waals surface area contributed by atoms with Gasteiger partial charge in [0, 0.05) is 11.1 Å². The second-order valence-electron chi connectivity index (χ2n) is 4.21. The molecular weight excluding hydrogens is 290 g/mol. The van der Waals surface area contributed by atoms with Crippen LogP contribution in [0.15, 0.2) is 29.6 Å². The van der Waals surface area contributed by atoms with Gasteiger partial charge in [0.25, 0.3) is 5.91 Å². The van der Waals surface area contributed by atoms with Crippen LogP contribution in [0.4, 0.5) is 10.8 Å². The first-order chi connectivity index (χ1) is 10.1. The van der Waals surface area contributed by atoms with E-state index in [0.29, 0.717) is 22.3 Å². The number of aryl methyl sites for hydroxylation is 1. The van der Waals surface area contributed by atoms with Gasteiger partial charge in [-0.15, -0.1) is 16.4 Å². The maximum Gasteiger partial charge on any atom is 0.275 e. The molecule has 1 amide bonds. The number of nitrogens with one attached hydrogen (secondary N) is 1. The van der Waals surface area contributed by atoms with E-state index in [9.17, 15) is 4.79 Å². The van der Waals surface area contributed by atoms with Crippen LogP contribution < -0.4 is 11.1 Å². The molecule has 0 fully saturated rings. The molecule has 2 aromatic heterocycles. The van der Waals surface area contributed by atoms with Crippen molar-refractivity contribution < 1.29 is 4.79 Å². The lowest BCUT2D eigenvalue weighted by atomic mass is 10.2. The second kappa shape index (κ2) is 5.29. The van der Waals surface area contributed by atoms with Crippen molar-refractivity contribution in [2.24, 2.45) is 0 Å². The Morgan fingerprint density at radius 3 is 2.95 bits per heavy atom. The molecule has 0 aliphatic carbocycles. The van der Waals surface area contributed by atoms with E-state index in [1.54, 1.807) is 29.1 Å². The van der Waals surface area contributed by atoms with Gasteiger partial charge in [-0.3, -0.25) is 4.79 Å². The third-order valence-corrected chi connectivity index (χ3v) is 3.40. The van der Waals surface area contributed by atoms with Crippen LogP contribution in [0.5, 0.6) is 0 Å². The first-order valence-electron chi connectivity index (χ1n) is 6.01. The minimum absolute atomic E-state index is 0.293. The molecule has 0 aliphatic heterocycles. The van der Waals surface area contributed by atoms with Gasteiger partial charge in [-0.1, -0.05) is 6.07 Å². The monoisotopic (exact) mass is 301 g/mol. The van der Waals surface area contributed by atoms with E-state index in [1.165, 1.54) is 11.3 Å². The molecule has 2 heterocycles. The van der Waals surface area contributed by atoms with E-state index in [4.69, 9.17) is 5.73 Å². The van der Waals surface area contributed by atoms with Crippen molar-refractivity contribution in [3.05, 3.63) is 41.2 Å². The number of nitrogen functional groups attached to an aromatic ring is 1. The predicted octanol–water partition coefficient (Wildman–Crippen LogP) is 1.26. The molecule has 0 saturated carbocycles. The molecule has 3 rings (SSSR count). The summed E-state index contributed by atoms with van der Waals surface area (Å²) in [5, 5.41) is 16.0. The number of aromatic nitrogens is 5. The third kappa shape index (κ3) is 2.72. The van der Waals surface area contributed by atoms with Crippen LogP contribution in [0.1, 0.15) is 16.3 Å². The Morgan fingerprint density at radius 2 is 2.29 bits per heavy atom. The number of thiazole rings is 1. The van der Waals surface area contributed by atoms with Crippen molar-refractivity contribution in [1.29, 1.82) is 0 Å². The van der Waals surface area contributed by atoms with Gasteiger partial charge in [0.15, 0.2) is 11.0 Å². The fourth-order valence-electron chi connectivity index (χ4n) is 1.77. The molecular formula is C12H11N7OS.